The van der Waals surface area contributed by atoms with E-state index in [2.05, 4.69) is 15.9 Å². The van der Waals surface area contributed by atoms with Gasteiger partial charge in [0.05, 0.1) is 18.6 Å². The van der Waals surface area contributed by atoms with E-state index in [4.69, 9.17) is 10.6 Å². The van der Waals surface area contributed by atoms with E-state index in [0.717, 1.165) is 10.0 Å². The molecule has 1 saturated heterocycles. The standard InChI is InChI=1S/C11H13BrN2O3/c12-8-3-1-2-7(4-8)11(5-17-6-11)9(15)10(16)14-13/h1-4,9,15H,5-6,13H2,(H,14,16). The average molecular weight is 301 g/mol. The number of aliphatic hydroxyl groups excluding tert-OH is 1. The Morgan fingerprint density at radius 3 is 2.76 bits per heavy atom. The number of aliphatic hydroxyl groups is 1. The number of halogens is 1. The minimum absolute atomic E-state index is 0.304. The molecule has 17 heavy (non-hydrogen) atoms. The molecule has 92 valence electrons. The molecule has 0 aromatic heterocycles. The van der Waals surface area contributed by atoms with Crippen molar-refractivity contribution in [2.75, 3.05) is 13.2 Å². The van der Waals surface area contributed by atoms with Crippen molar-refractivity contribution in [1.29, 1.82) is 0 Å². The molecule has 6 heteroatoms. The van der Waals surface area contributed by atoms with E-state index in [9.17, 15) is 9.90 Å². The van der Waals surface area contributed by atoms with Crippen LogP contribution in [0.1, 0.15) is 5.56 Å². The van der Waals surface area contributed by atoms with Crippen LogP contribution in [-0.4, -0.2) is 30.3 Å². The summed E-state index contributed by atoms with van der Waals surface area (Å²) in [5, 5.41) is 10.0. The lowest BCUT2D eigenvalue weighted by molar-refractivity contribution is -0.154. The molecule has 1 aromatic rings. The second kappa shape index (κ2) is 4.73. The van der Waals surface area contributed by atoms with Gasteiger partial charge in [-0.3, -0.25) is 10.2 Å². The summed E-state index contributed by atoms with van der Waals surface area (Å²) in [5.41, 5.74) is 2.12. The summed E-state index contributed by atoms with van der Waals surface area (Å²) in [6.07, 6.45) is -1.21. The van der Waals surface area contributed by atoms with Gasteiger partial charge in [-0.2, -0.15) is 0 Å². The number of hydrazine groups is 1. The molecule has 1 atom stereocenters. The molecule has 1 aliphatic rings. The van der Waals surface area contributed by atoms with Crippen LogP contribution in [0, 0.1) is 0 Å². The number of nitrogens with two attached hydrogens (primary N) is 1. The van der Waals surface area contributed by atoms with Crippen molar-refractivity contribution in [3.63, 3.8) is 0 Å². The zero-order chi connectivity index (χ0) is 12.5. The lowest BCUT2D eigenvalue weighted by Gasteiger charge is -2.44. The molecule has 0 radical (unpaired) electrons. The molecule has 1 fully saturated rings. The van der Waals surface area contributed by atoms with E-state index in [1.165, 1.54) is 0 Å². The predicted octanol–water partition coefficient (Wildman–Crippen LogP) is 0.0679. The van der Waals surface area contributed by atoms with Gasteiger partial charge in [-0.1, -0.05) is 28.1 Å². The summed E-state index contributed by atoms with van der Waals surface area (Å²) in [6.45, 7) is 0.607. The number of hydrogen-bond acceptors (Lipinski definition) is 4. The number of benzene rings is 1. The molecule has 5 nitrogen and oxygen atoms in total. The number of amides is 1. The van der Waals surface area contributed by atoms with E-state index >= 15 is 0 Å². The van der Waals surface area contributed by atoms with Gasteiger partial charge >= 0.3 is 0 Å². The number of rotatable bonds is 3. The highest BCUT2D eigenvalue weighted by Gasteiger charge is 2.49. The van der Waals surface area contributed by atoms with E-state index in [0.29, 0.717) is 13.2 Å². The van der Waals surface area contributed by atoms with Crippen LogP contribution >= 0.6 is 15.9 Å². The van der Waals surface area contributed by atoms with E-state index < -0.39 is 17.4 Å². The molecule has 1 heterocycles. The molecule has 2 rings (SSSR count). The zero-order valence-electron chi connectivity index (χ0n) is 9.02. The quantitative estimate of drug-likeness (QED) is 0.419. The van der Waals surface area contributed by atoms with Crippen molar-refractivity contribution in [1.82, 2.24) is 5.43 Å². The van der Waals surface area contributed by atoms with Crippen molar-refractivity contribution < 1.29 is 14.6 Å². The lowest BCUT2D eigenvalue weighted by Crippen LogP contribution is -2.61. The summed E-state index contributed by atoms with van der Waals surface area (Å²) < 4.78 is 6.04. The number of hydrogen-bond donors (Lipinski definition) is 3. The molecule has 1 aromatic carbocycles. The van der Waals surface area contributed by atoms with Crippen LogP contribution in [0.4, 0.5) is 0 Å². The Hall–Kier alpha value is -0.950. The monoisotopic (exact) mass is 300 g/mol. The fourth-order valence-corrected chi connectivity index (χ4v) is 2.33. The first kappa shape index (κ1) is 12.5. The van der Waals surface area contributed by atoms with Crippen molar-refractivity contribution in [2.24, 2.45) is 5.84 Å². The lowest BCUT2D eigenvalue weighted by atomic mass is 9.73. The summed E-state index contributed by atoms with van der Waals surface area (Å²) >= 11 is 3.36. The predicted molar refractivity (Wildman–Crippen MR) is 65.0 cm³/mol. The smallest absolute Gasteiger partial charge is 0.263 e. The molecule has 4 N–H and O–H groups in total. The SMILES string of the molecule is NNC(=O)C(O)C1(c2cccc(Br)c2)COC1. The molecule has 1 amide bonds. The Labute approximate surface area is 107 Å². The van der Waals surface area contributed by atoms with E-state index in [1.54, 1.807) is 0 Å². The van der Waals surface area contributed by atoms with Crippen molar-refractivity contribution in [3.05, 3.63) is 34.3 Å². The van der Waals surface area contributed by atoms with Gasteiger partial charge in [0.25, 0.3) is 5.91 Å². The van der Waals surface area contributed by atoms with E-state index in [1.807, 2.05) is 29.7 Å². The van der Waals surface area contributed by atoms with Crippen molar-refractivity contribution in [3.8, 4) is 0 Å². The Morgan fingerprint density at radius 2 is 2.29 bits per heavy atom. The average Bonchev–Trinajstić information content (AvgIpc) is 2.26. The molecule has 1 aliphatic heterocycles. The third kappa shape index (κ3) is 2.09. The van der Waals surface area contributed by atoms with Crippen LogP contribution in [-0.2, 0) is 14.9 Å². The Bertz CT molecular complexity index is 434. The molecule has 1 unspecified atom stereocenters. The minimum Gasteiger partial charge on any atom is -0.382 e. The maximum Gasteiger partial charge on any atom is 0.263 e. The Morgan fingerprint density at radius 1 is 1.59 bits per heavy atom. The van der Waals surface area contributed by atoms with Gasteiger partial charge < -0.3 is 9.84 Å². The van der Waals surface area contributed by atoms with Crippen molar-refractivity contribution in [2.45, 2.75) is 11.5 Å². The topological polar surface area (TPSA) is 84.6 Å². The van der Waals surface area contributed by atoms with Gasteiger partial charge in [0.15, 0.2) is 0 Å². The van der Waals surface area contributed by atoms with Gasteiger partial charge in [-0.05, 0) is 17.7 Å². The number of carbonyl (C=O) groups excluding carboxylic acids is 1. The number of nitrogens with one attached hydrogen (secondary N) is 1. The summed E-state index contributed by atoms with van der Waals surface area (Å²) in [6, 6.07) is 7.47. The largest absolute Gasteiger partial charge is 0.382 e. The molecule has 0 bridgehead atoms. The van der Waals surface area contributed by atoms with Crippen molar-refractivity contribution >= 4 is 21.8 Å². The number of ether oxygens (including phenoxy) is 1. The third-order valence-corrected chi connectivity index (χ3v) is 3.53. The van der Waals surface area contributed by atoms with Crippen LogP contribution in [0.3, 0.4) is 0 Å². The fourth-order valence-electron chi connectivity index (χ4n) is 1.93. The molecular formula is C11H13BrN2O3. The van der Waals surface area contributed by atoms with Crippen LogP contribution in [0.25, 0.3) is 0 Å². The molecule has 0 aliphatic carbocycles. The summed E-state index contributed by atoms with van der Waals surface area (Å²) in [4.78, 5) is 11.5. The van der Waals surface area contributed by atoms with E-state index in [-0.39, 0.29) is 0 Å². The zero-order valence-corrected chi connectivity index (χ0v) is 10.6. The first-order valence-electron chi connectivity index (χ1n) is 5.12. The Balaban J connectivity index is 2.34. The fraction of sp³-hybridized carbons (Fsp3) is 0.364. The highest BCUT2D eigenvalue weighted by atomic mass is 79.9. The maximum absolute atomic E-state index is 11.5. The first-order valence-corrected chi connectivity index (χ1v) is 5.92. The first-order chi connectivity index (χ1) is 8.10. The highest BCUT2D eigenvalue weighted by molar-refractivity contribution is 9.10. The van der Waals surface area contributed by atoms with Crippen LogP contribution in [0.15, 0.2) is 28.7 Å². The van der Waals surface area contributed by atoms with Gasteiger partial charge in [-0.15, -0.1) is 0 Å². The summed E-state index contributed by atoms with van der Waals surface area (Å²) in [5.74, 6) is 4.44. The Kier molecular flexibility index (Phi) is 3.48. The second-order valence-corrected chi connectivity index (χ2v) is 4.99. The third-order valence-electron chi connectivity index (χ3n) is 3.03. The number of carbonyl (C=O) groups is 1. The van der Waals surface area contributed by atoms with Gasteiger partial charge in [-0.25, -0.2) is 5.84 Å². The normalized spacial score (nSPS) is 19.2. The minimum atomic E-state index is -1.21. The molecule has 0 spiro atoms. The van der Waals surface area contributed by atoms with Gasteiger partial charge in [0, 0.05) is 4.47 Å². The van der Waals surface area contributed by atoms with Crippen LogP contribution in [0.2, 0.25) is 0 Å². The van der Waals surface area contributed by atoms with Gasteiger partial charge in [0.2, 0.25) is 0 Å². The van der Waals surface area contributed by atoms with Crippen LogP contribution < -0.4 is 11.3 Å². The van der Waals surface area contributed by atoms with Crippen LogP contribution in [0.5, 0.6) is 0 Å². The summed E-state index contributed by atoms with van der Waals surface area (Å²) in [7, 11) is 0. The maximum atomic E-state index is 11.5. The molecular weight excluding hydrogens is 288 g/mol. The van der Waals surface area contributed by atoms with Gasteiger partial charge in [0.1, 0.15) is 6.10 Å². The molecule has 0 saturated carbocycles. The highest BCUT2D eigenvalue weighted by Crippen LogP contribution is 2.37. The second-order valence-electron chi connectivity index (χ2n) is 4.07.